The summed E-state index contributed by atoms with van der Waals surface area (Å²) in [5, 5.41) is 1.86. The van der Waals surface area contributed by atoms with Gasteiger partial charge in [-0.3, -0.25) is 0 Å². The molecule has 3 nitrogen and oxygen atoms in total. The second-order valence-electron chi connectivity index (χ2n) is 10.6. The van der Waals surface area contributed by atoms with Gasteiger partial charge in [0.2, 0.25) is 0 Å². The summed E-state index contributed by atoms with van der Waals surface area (Å²) in [5.74, 6) is -1.34. The normalized spacial score (nSPS) is 13.1. The molecular weight excluding hydrogens is 536 g/mol. The number of fused-ring (bicyclic) bond motifs is 4. The maximum Gasteiger partial charge on any atom is 0.299 e. The van der Waals surface area contributed by atoms with Crippen molar-refractivity contribution in [2.75, 3.05) is 0 Å². The van der Waals surface area contributed by atoms with E-state index in [1.54, 1.807) is 24.3 Å². The first kappa shape index (κ1) is 25.2. The highest BCUT2D eigenvalue weighted by Gasteiger charge is 2.44. The Hall–Kier alpha value is -5.55. The van der Waals surface area contributed by atoms with Gasteiger partial charge in [-0.1, -0.05) is 127 Å². The van der Waals surface area contributed by atoms with Crippen LogP contribution in [0.1, 0.15) is 11.1 Å². The molecule has 1 aliphatic rings. The summed E-state index contributed by atoms with van der Waals surface area (Å²) in [7, 11) is 0. The smallest absolute Gasteiger partial charge is 0.208 e. The number of nitrogens with zero attached hydrogens (tertiary/aromatic N) is 3. The van der Waals surface area contributed by atoms with E-state index in [2.05, 4.69) is 0 Å². The number of hydrogen-bond donors (Lipinski definition) is 0. The highest BCUT2D eigenvalue weighted by atomic mass is 19.3. The Labute approximate surface area is 247 Å². The molecule has 0 fully saturated rings. The van der Waals surface area contributed by atoms with Crippen LogP contribution in [0.4, 0.5) is 8.78 Å². The van der Waals surface area contributed by atoms with Gasteiger partial charge in [0, 0.05) is 27.8 Å². The summed E-state index contributed by atoms with van der Waals surface area (Å²) in [6, 6.07) is 43.8. The van der Waals surface area contributed by atoms with Crippen molar-refractivity contribution >= 4 is 10.8 Å². The van der Waals surface area contributed by atoms with Crippen LogP contribution in [0.25, 0.3) is 67.2 Å². The fraction of sp³-hybridized carbons (Fsp3) is 0.0263. The van der Waals surface area contributed by atoms with Crippen molar-refractivity contribution in [1.82, 2.24) is 15.0 Å². The zero-order valence-corrected chi connectivity index (χ0v) is 22.9. The molecular formula is C38H23F2N3. The third-order valence-electron chi connectivity index (χ3n) is 8.09. The fourth-order valence-electron chi connectivity index (χ4n) is 6.02. The van der Waals surface area contributed by atoms with E-state index >= 15 is 8.78 Å². The van der Waals surface area contributed by atoms with Crippen molar-refractivity contribution in [3.05, 3.63) is 151 Å². The van der Waals surface area contributed by atoms with Crippen LogP contribution in [0.5, 0.6) is 0 Å². The number of rotatable bonds is 4. The van der Waals surface area contributed by atoms with Crippen molar-refractivity contribution in [2.24, 2.45) is 0 Å². The molecule has 0 atom stereocenters. The summed E-state index contributed by atoms with van der Waals surface area (Å²) >= 11 is 0. The highest BCUT2D eigenvalue weighted by molar-refractivity contribution is 6.04. The average Bonchev–Trinajstić information content (AvgIpc) is 3.30. The summed E-state index contributed by atoms with van der Waals surface area (Å²) in [4.78, 5) is 14.7. The minimum absolute atomic E-state index is 0.0387. The zero-order chi connectivity index (χ0) is 29.0. The largest absolute Gasteiger partial charge is 0.299 e. The maximum atomic E-state index is 15.6. The van der Waals surface area contributed by atoms with Gasteiger partial charge in [0.15, 0.2) is 17.5 Å². The van der Waals surface area contributed by atoms with Crippen LogP contribution in [0.3, 0.4) is 0 Å². The Balaban J connectivity index is 1.30. The SMILES string of the molecule is FC1(F)c2ccccc2-c2ccc(-c3ccc(-c4nc(-c5ccccc5)nc(-c5ccccc5)n4)c4ccccc34)cc21. The number of alkyl halides is 2. The summed E-state index contributed by atoms with van der Waals surface area (Å²) in [6.45, 7) is 0. The van der Waals surface area contributed by atoms with Crippen LogP contribution in [0.2, 0.25) is 0 Å². The highest BCUT2D eigenvalue weighted by Crippen LogP contribution is 2.52. The van der Waals surface area contributed by atoms with Gasteiger partial charge in [-0.2, -0.15) is 8.78 Å². The van der Waals surface area contributed by atoms with Crippen molar-refractivity contribution in [1.29, 1.82) is 0 Å². The van der Waals surface area contributed by atoms with E-state index in [4.69, 9.17) is 15.0 Å². The van der Waals surface area contributed by atoms with Crippen LogP contribution in [-0.4, -0.2) is 15.0 Å². The predicted molar refractivity (Wildman–Crippen MR) is 168 cm³/mol. The van der Waals surface area contributed by atoms with Gasteiger partial charge in [-0.15, -0.1) is 0 Å². The minimum Gasteiger partial charge on any atom is -0.208 e. The summed E-state index contributed by atoms with van der Waals surface area (Å²) < 4.78 is 31.1. The minimum atomic E-state index is -3.05. The van der Waals surface area contributed by atoms with E-state index in [-0.39, 0.29) is 11.1 Å². The molecule has 43 heavy (non-hydrogen) atoms. The monoisotopic (exact) mass is 559 g/mol. The predicted octanol–water partition coefficient (Wildman–Crippen LogP) is 9.81. The van der Waals surface area contributed by atoms with Crippen molar-refractivity contribution in [3.63, 3.8) is 0 Å². The fourth-order valence-corrected chi connectivity index (χ4v) is 6.02. The third-order valence-corrected chi connectivity index (χ3v) is 8.09. The summed E-state index contributed by atoms with van der Waals surface area (Å²) in [6.07, 6.45) is 0. The molecule has 0 spiro atoms. The molecule has 0 amide bonds. The van der Waals surface area contributed by atoms with E-state index in [0.717, 1.165) is 38.6 Å². The Kier molecular flexibility index (Phi) is 5.73. The van der Waals surface area contributed by atoms with E-state index in [9.17, 15) is 0 Å². The lowest BCUT2D eigenvalue weighted by Crippen LogP contribution is -2.10. The van der Waals surface area contributed by atoms with Crippen molar-refractivity contribution in [2.45, 2.75) is 5.92 Å². The average molecular weight is 560 g/mol. The first-order valence-electron chi connectivity index (χ1n) is 14.1. The lowest BCUT2D eigenvalue weighted by atomic mass is 9.92. The van der Waals surface area contributed by atoms with Crippen LogP contribution < -0.4 is 0 Å². The Bertz CT molecular complexity index is 2100. The maximum absolute atomic E-state index is 15.6. The van der Waals surface area contributed by atoms with Crippen LogP contribution >= 0.6 is 0 Å². The van der Waals surface area contributed by atoms with Gasteiger partial charge in [-0.25, -0.2) is 15.0 Å². The molecule has 1 aliphatic carbocycles. The molecule has 0 N–H and O–H groups in total. The number of hydrogen-bond acceptors (Lipinski definition) is 3. The van der Waals surface area contributed by atoms with E-state index in [0.29, 0.717) is 28.6 Å². The molecule has 0 saturated heterocycles. The Morgan fingerprint density at radius 2 is 0.860 bits per heavy atom. The van der Waals surface area contributed by atoms with Crippen LogP contribution in [-0.2, 0) is 5.92 Å². The second-order valence-corrected chi connectivity index (χ2v) is 10.6. The molecule has 8 rings (SSSR count). The third kappa shape index (κ3) is 4.12. The first-order valence-corrected chi connectivity index (χ1v) is 14.1. The van der Waals surface area contributed by atoms with Crippen molar-refractivity contribution in [3.8, 4) is 56.4 Å². The lowest BCUT2D eigenvalue weighted by Gasteiger charge is -2.15. The molecule has 0 unspecified atom stereocenters. The van der Waals surface area contributed by atoms with E-state index in [1.807, 2.05) is 109 Å². The van der Waals surface area contributed by atoms with Crippen molar-refractivity contribution < 1.29 is 8.78 Å². The molecule has 6 aromatic carbocycles. The lowest BCUT2D eigenvalue weighted by molar-refractivity contribution is 0.0480. The van der Waals surface area contributed by atoms with Gasteiger partial charge < -0.3 is 0 Å². The van der Waals surface area contributed by atoms with Gasteiger partial charge in [0.1, 0.15) is 0 Å². The number of halogens is 2. The first-order chi connectivity index (χ1) is 21.1. The molecule has 0 radical (unpaired) electrons. The van der Waals surface area contributed by atoms with Gasteiger partial charge >= 0.3 is 0 Å². The van der Waals surface area contributed by atoms with Gasteiger partial charge in [0.25, 0.3) is 5.92 Å². The molecule has 1 heterocycles. The molecule has 204 valence electrons. The Morgan fingerprint density at radius 3 is 1.53 bits per heavy atom. The molecule has 7 aromatic rings. The van der Waals surface area contributed by atoms with Crippen LogP contribution in [0, 0.1) is 0 Å². The van der Waals surface area contributed by atoms with E-state index < -0.39 is 5.92 Å². The topological polar surface area (TPSA) is 38.7 Å². The number of aromatic nitrogens is 3. The summed E-state index contributed by atoms with van der Waals surface area (Å²) in [5.41, 5.74) is 5.50. The standard InChI is InChI=1S/C38H23F2N3/c39-38(40)33-18-10-9-17-30(33)31-20-19-26(23-34(31)38)27-21-22-32(29-16-8-7-15-28(27)29)37-42-35(24-11-3-1-4-12-24)41-36(43-37)25-13-5-2-6-14-25/h1-23H. The molecule has 0 aliphatic heterocycles. The van der Waals surface area contributed by atoms with Gasteiger partial charge in [-0.05, 0) is 45.2 Å². The zero-order valence-electron chi connectivity index (χ0n) is 22.9. The molecule has 0 saturated carbocycles. The second kappa shape index (κ2) is 9.78. The Morgan fingerprint density at radius 1 is 0.372 bits per heavy atom. The van der Waals surface area contributed by atoms with Crippen LogP contribution in [0.15, 0.2) is 140 Å². The van der Waals surface area contributed by atoms with E-state index in [1.165, 1.54) is 6.07 Å². The molecule has 1 aromatic heterocycles. The number of benzene rings is 6. The van der Waals surface area contributed by atoms with Gasteiger partial charge in [0.05, 0.1) is 0 Å². The molecule has 5 heteroatoms. The quantitative estimate of drug-likeness (QED) is 0.215. The molecule has 0 bridgehead atoms.